The lowest BCUT2D eigenvalue weighted by Gasteiger charge is -2.36. The number of amides is 2. The number of carbonyl (C=O) groups excluding carboxylic acids is 2. The molecule has 4 rings (SSSR count). The second-order valence-electron chi connectivity index (χ2n) is 9.27. The van der Waals surface area contributed by atoms with Gasteiger partial charge >= 0.3 is 6.18 Å². The minimum Gasteiger partial charge on any atom is -0.370 e. The predicted molar refractivity (Wildman–Crippen MR) is 127 cm³/mol. The van der Waals surface area contributed by atoms with Gasteiger partial charge in [0.15, 0.2) is 0 Å². The maximum Gasteiger partial charge on any atom is 0.417 e. The van der Waals surface area contributed by atoms with Crippen LogP contribution in [0.15, 0.2) is 42.7 Å². The first-order valence-corrected chi connectivity index (χ1v) is 12.1. The van der Waals surface area contributed by atoms with Gasteiger partial charge in [-0.25, -0.2) is 0 Å². The van der Waals surface area contributed by atoms with Gasteiger partial charge in [0.05, 0.1) is 23.1 Å². The van der Waals surface area contributed by atoms with Gasteiger partial charge in [-0.2, -0.15) is 18.4 Å². The number of halogens is 3. The van der Waals surface area contributed by atoms with E-state index in [-0.39, 0.29) is 29.6 Å². The topological polar surface area (TPSA) is 89.3 Å². The lowest BCUT2D eigenvalue weighted by molar-refractivity contribution is -0.137. The zero-order valence-corrected chi connectivity index (χ0v) is 20.0. The van der Waals surface area contributed by atoms with E-state index < -0.39 is 17.3 Å². The lowest BCUT2D eigenvalue weighted by atomic mass is 9.78. The van der Waals surface area contributed by atoms with E-state index in [0.29, 0.717) is 56.8 Å². The molecule has 1 N–H and O–H groups in total. The first-order valence-electron chi connectivity index (χ1n) is 12.1. The van der Waals surface area contributed by atoms with E-state index in [2.05, 4.69) is 10.3 Å². The van der Waals surface area contributed by atoms with Crippen LogP contribution < -0.4 is 10.2 Å². The third-order valence-electron chi connectivity index (χ3n) is 7.21. The number of carbonyl (C=O) groups is 2. The SMILES string of the molecule is CCNC(=O)[C@@H]1CN(c2ccc(C#N)c(C(F)(F)F)c2)C[C@H]1C1CCN(C(=O)c2ccncc2)CC1. The average molecular weight is 500 g/mol. The van der Waals surface area contributed by atoms with Crippen molar-refractivity contribution in [3.63, 3.8) is 0 Å². The summed E-state index contributed by atoms with van der Waals surface area (Å²) >= 11 is 0. The molecule has 2 atom stereocenters. The summed E-state index contributed by atoms with van der Waals surface area (Å²) in [6.45, 7) is 4.15. The van der Waals surface area contributed by atoms with Gasteiger partial charge in [-0.3, -0.25) is 14.6 Å². The Morgan fingerprint density at radius 3 is 2.44 bits per heavy atom. The summed E-state index contributed by atoms with van der Waals surface area (Å²) in [6, 6.07) is 8.69. The molecule has 0 radical (unpaired) electrons. The molecule has 10 heteroatoms. The third-order valence-corrected chi connectivity index (χ3v) is 7.21. The van der Waals surface area contributed by atoms with Crippen molar-refractivity contribution in [2.45, 2.75) is 25.9 Å². The summed E-state index contributed by atoms with van der Waals surface area (Å²) in [4.78, 5) is 33.3. The van der Waals surface area contributed by atoms with Gasteiger partial charge in [0.2, 0.25) is 5.91 Å². The zero-order valence-electron chi connectivity index (χ0n) is 20.0. The van der Waals surface area contributed by atoms with E-state index in [1.165, 1.54) is 12.1 Å². The number of nitriles is 1. The second-order valence-corrected chi connectivity index (χ2v) is 9.27. The fourth-order valence-corrected chi connectivity index (χ4v) is 5.37. The van der Waals surface area contributed by atoms with Crippen LogP contribution in [0.5, 0.6) is 0 Å². The molecule has 7 nitrogen and oxygen atoms in total. The Morgan fingerprint density at radius 2 is 1.83 bits per heavy atom. The summed E-state index contributed by atoms with van der Waals surface area (Å²) in [5.74, 6) is -0.432. The van der Waals surface area contributed by atoms with Gasteiger partial charge < -0.3 is 15.1 Å². The monoisotopic (exact) mass is 499 g/mol. The molecule has 1 aromatic heterocycles. The second kappa shape index (κ2) is 10.6. The molecule has 0 spiro atoms. The minimum atomic E-state index is -4.65. The molecule has 190 valence electrons. The van der Waals surface area contributed by atoms with E-state index in [4.69, 9.17) is 5.26 Å². The van der Waals surface area contributed by atoms with Crippen molar-refractivity contribution in [2.24, 2.45) is 17.8 Å². The molecule has 1 aromatic carbocycles. The normalized spacial score (nSPS) is 20.8. The highest BCUT2D eigenvalue weighted by Gasteiger charge is 2.43. The van der Waals surface area contributed by atoms with Crippen molar-refractivity contribution in [1.29, 1.82) is 5.26 Å². The van der Waals surface area contributed by atoms with Crippen molar-refractivity contribution < 1.29 is 22.8 Å². The van der Waals surface area contributed by atoms with Crippen LogP contribution >= 0.6 is 0 Å². The van der Waals surface area contributed by atoms with Crippen LogP contribution in [-0.2, 0) is 11.0 Å². The molecule has 2 saturated heterocycles. The van der Waals surface area contributed by atoms with Crippen LogP contribution in [-0.4, -0.2) is 54.4 Å². The van der Waals surface area contributed by atoms with Gasteiger partial charge in [-0.05, 0) is 61.9 Å². The largest absolute Gasteiger partial charge is 0.417 e. The smallest absolute Gasteiger partial charge is 0.370 e. The van der Waals surface area contributed by atoms with E-state index in [1.807, 2.05) is 11.8 Å². The molecule has 0 unspecified atom stereocenters. The number of rotatable bonds is 5. The molecule has 2 aliphatic rings. The minimum absolute atomic E-state index is 0.0542. The van der Waals surface area contributed by atoms with Crippen molar-refractivity contribution in [3.8, 4) is 6.07 Å². The number of benzene rings is 1. The number of hydrogen-bond acceptors (Lipinski definition) is 5. The molecular formula is C26H28F3N5O2. The molecule has 36 heavy (non-hydrogen) atoms. The molecule has 0 saturated carbocycles. The predicted octanol–water partition coefficient (Wildman–Crippen LogP) is 3.71. The van der Waals surface area contributed by atoms with Gasteiger partial charge in [0, 0.05) is 56.4 Å². The van der Waals surface area contributed by atoms with Crippen LogP contribution in [0, 0.1) is 29.1 Å². The molecule has 0 aliphatic carbocycles. The van der Waals surface area contributed by atoms with E-state index >= 15 is 0 Å². The molecule has 2 fully saturated rings. The summed E-state index contributed by atoms with van der Waals surface area (Å²) in [6.07, 6.45) is -0.0546. The summed E-state index contributed by atoms with van der Waals surface area (Å²) in [5, 5.41) is 12.0. The molecular weight excluding hydrogens is 471 g/mol. The van der Waals surface area contributed by atoms with Crippen LogP contribution in [0.3, 0.4) is 0 Å². The number of piperidine rings is 1. The van der Waals surface area contributed by atoms with Gasteiger partial charge in [-0.15, -0.1) is 0 Å². The molecule has 3 heterocycles. The maximum absolute atomic E-state index is 13.5. The van der Waals surface area contributed by atoms with Crippen LogP contribution in [0.4, 0.5) is 18.9 Å². The van der Waals surface area contributed by atoms with E-state index in [0.717, 1.165) is 6.07 Å². The van der Waals surface area contributed by atoms with Gasteiger partial charge in [-0.1, -0.05) is 0 Å². The average Bonchev–Trinajstić information content (AvgIpc) is 3.34. The van der Waals surface area contributed by atoms with Crippen molar-refractivity contribution in [1.82, 2.24) is 15.2 Å². The molecule has 2 aromatic rings. The number of alkyl halides is 3. The zero-order chi connectivity index (χ0) is 25.9. The summed E-state index contributed by atoms with van der Waals surface area (Å²) in [5.41, 5.74) is -0.461. The lowest BCUT2D eigenvalue weighted by Crippen LogP contribution is -2.43. The van der Waals surface area contributed by atoms with Gasteiger partial charge in [0.1, 0.15) is 0 Å². The Morgan fingerprint density at radius 1 is 1.14 bits per heavy atom. The number of pyridine rings is 1. The van der Waals surface area contributed by atoms with Crippen molar-refractivity contribution in [3.05, 3.63) is 59.4 Å². The highest BCUT2D eigenvalue weighted by Crippen LogP contribution is 2.40. The van der Waals surface area contributed by atoms with Crippen LogP contribution in [0.25, 0.3) is 0 Å². The third kappa shape index (κ3) is 5.30. The quantitative estimate of drug-likeness (QED) is 0.678. The van der Waals surface area contributed by atoms with Crippen LogP contribution in [0.1, 0.15) is 41.3 Å². The first-order chi connectivity index (χ1) is 17.2. The first kappa shape index (κ1) is 25.5. The number of likely N-dealkylation sites (tertiary alicyclic amines) is 1. The van der Waals surface area contributed by atoms with E-state index in [9.17, 15) is 22.8 Å². The molecule has 0 bridgehead atoms. The Hall–Kier alpha value is -3.61. The highest BCUT2D eigenvalue weighted by molar-refractivity contribution is 5.94. The number of hydrogen-bond donors (Lipinski definition) is 1. The Labute approximate surface area is 207 Å². The summed E-state index contributed by atoms with van der Waals surface area (Å²) < 4.78 is 40.6. The standard InChI is InChI=1S/C26H28F3N5O2/c1-2-32-24(35)22-16-34(20-4-3-19(14-30)23(13-20)26(27,28)29)15-21(22)17-7-11-33(12-8-17)25(36)18-5-9-31-10-6-18/h3-6,9-10,13,17,21-22H,2,7-8,11-12,15-16H2,1H3,(H,32,35)/t21-,22+/m0/s1. The number of nitrogens with zero attached hydrogens (tertiary/aromatic N) is 4. The number of aromatic nitrogens is 1. The molecule has 2 amide bonds. The highest BCUT2D eigenvalue weighted by atomic mass is 19.4. The van der Waals surface area contributed by atoms with Gasteiger partial charge in [0.25, 0.3) is 5.91 Å². The fraction of sp³-hybridized carbons (Fsp3) is 0.462. The summed E-state index contributed by atoms with van der Waals surface area (Å²) in [7, 11) is 0. The Bertz CT molecular complexity index is 1140. The van der Waals surface area contributed by atoms with E-state index in [1.54, 1.807) is 35.5 Å². The Kier molecular flexibility index (Phi) is 7.48. The van der Waals surface area contributed by atoms with Crippen molar-refractivity contribution >= 4 is 17.5 Å². The fourth-order valence-electron chi connectivity index (χ4n) is 5.37. The number of anilines is 1. The van der Waals surface area contributed by atoms with Crippen LogP contribution in [0.2, 0.25) is 0 Å². The Balaban J connectivity index is 1.51. The molecule has 2 aliphatic heterocycles. The maximum atomic E-state index is 13.5. The van der Waals surface area contributed by atoms with Crippen molar-refractivity contribution in [2.75, 3.05) is 37.6 Å². The number of nitrogens with one attached hydrogen (secondary N) is 1.